The van der Waals surface area contributed by atoms with E-state index in [9.17, 15) is 13.6 Å². The van der Waals surface area contributed by atoms with Gasteiger partial charge in [-0.3, -0.25) is 4.79 Å². The Morgan fingerprint density at radius 3 is 2.33 bits per heavy atom. The van der Waals surface area contributed by atoms with E-state index in [1.165, 1.54) is 32.6 Å². The molecule has 1 saturated heterocycles. The van der Waals surface area contributed by atoms with Crippen molar-refractivity contribution in [1.29, 1.82) is 0 Å². The van der Waals surface area contributed by atoms with Crippen molar-refractivity contribution >= 4 is 17.4 Å². The van der Waals surface area contributed by atoms with Crippen molar-refractivity contribution in [3.63, 3.8) is 0 Å². The fourth-order valence-electron chi connectivity index (χ4n) is 3.73. The molecule has 6 nitrogen and oxygen atoms in total. The van der Waals surface area contributed by atoms with Gasteiger partial charge in [-0.2, -0.15) is 0 Å². The molecule has 1 atom stereocenters. The van der Waals surface area contributed by atoms with Gasteiger partial charge in [0, 0.05) is 30.4 Å². The van der Waals surface area contributed by atoms with Crippen molar-refractivity contribution in [2.24, 2.45) is 0 Å². The average Bonchev–Trinajstić information content (AvgIpc) is 3.11. The standard InChI is InChI=1S/C25H26F2N4O2/c1-17(33-23-12-8-19(26)16-21(23)27)25(32)28-20-9-6-18(7-10-20)22-11-13-24(30-29-22)31-14-4-2-3-5-15-31/h6-13,16-17H,2-5,14-15H2,1H3,(H,28,32). The molecule has 0 aliphatic carbocycles. The summed E-state index contributed by atoms with van der Waals surface area (Å²) in [5.41, 5.74) is 2.18. The van der Waals surface area contributed by atoms with Gasteiger partial charge in [-0.25, -0.2) is 8.78 Å². The highest BCUT2D eigenvalue weighted by molar-refractivity contribution is 5.94. The van der Waals surface area contributed by atoms with Crippen LogP contribution in [-0.2, 0) is 4.79 Å². The van der Waals surface area contributed by atoms with Gasteiger partial charge in [-0.1, -0.05) is 25.0 Å². The van der Waals surface area contributed by atoms with E-state index in [0.717, 1.165) is 42.3 Å². The number of nitrogens with one attached hydrogen (secondary N) is 1. The van der Waals surface area contributed by atoms with Gasteiger partial charge in [-0.05, 0) is 56.2 Å². The highest BCUT2D eigenvalue weighted by Crippen LogP contribution is 2.23. The molecule has 0 saturated carbocycles. The third-order valence-corrected chi connectivity index (χ3v) is 5.60. The highest BCUT2D eigenvalue weighted by Gasteiger charge is 2.17. The first kappa shape index (κ1) is 22.6. The van der Waals surface area contributed by atoms with Crippen molar-refractivity contribution in [3.8, 4) is 17.0 Å². The first-order chi connectivity index (χ1) is 16.0. The van der Waals surface area contributed by atoms with E-state index < -0.39 is 23.6 Å². The molecule has 0 spiro atoms. The van der Waals surface area contributed by atoms with Crippen molar-refractivity contribution in [2.45, 2.75) is 38.7 Å². The van der Waals surface area contributed by atoms with Crippen LogP contribution in [-0.4, -0.2) is 35.3 Å². The van der Waals surface area contributed by atoms with Crippen molar-refractivity contribution < 1.29 is 18.3 Å². The van der Waals surface area contributed by atoms with Gasteiger partial charge in [0.25, 0.3) is 5.91 Å². The van der Waals surface area contributed by atoms with E-state index in [0.29, 0.717) is 11.8 Å². The molecule has 8 heteroatoms. The minimum Gasteiger partial charge on any atom is -0.478 e. The summed E-state index contributed by atoms with van der Waals surface area (Å²) in [5, 5.41) is 11.5. The molecule has 1 unspecified atom stereocenters. The number of carbonyl (C=O) groups is 1. The smallest absolute Gasteiger partial charge is 0.265 e. The van der Waals surface area contributed by atoms with Crippen LogP contribution in [0.2, 0.25) is 0 Å². The van der Waals surface area contributed by atoms with E-state index in [2.05, 4.69) is 20.4 Å². The predicted octanol–water partition coefficient (Wildman–Crippen LogP) is 5.21. The molecule has 0 radical (unpaired) electrons. The minimum absolute atomic E-state index is 0.184. The van der Waals surface area contributed by atoms with Gasteiger partial charge in [0.05, 0.1) is 5.69 Å². The molecule has 1 amide bonds. The Morgan fingerprint density at radius 1 is 0.970 bits per heavy atom. The van der Waals surface area contributed by atoms with Crippen LogP contribution >= 0.6 is 0 Å². The lowest BCUT2D eigenvalue weighted by molar-refractivity contribution is -0.122. The number of anilines is 2. The van der Waals surface area contributed by atoms with Gasteiger partial charge in [0.15, 0.2) is 23.5 Å². The lowest BCUT2D eigenvalue weighted by Crippen LogP contribution is -2.30. The second-order valence-corrected chi connectivity index (χ2v) is 8.08. The number of aromatic nitrogens is 2. The number of hydrogen-bond donors (Lipinski definition) is 1. The molecule has 3 aromatic rings. The topological polar surface area (TPSA) is 67.3 Å². The number of amides is 1. The van der Waals surface area contributed by atoms with E-state index in [-0.39, 0.29) is 5.75 Å². The van der Waals surface area contributed by atoms with Gasteiger partial charge in [-0.15, -0.1) is 10.2 Å². The molecule has 1 aromatic heterocycles. The van der Waals surface area contributed by atoms with Gasteiger partial charge < -0.3 is 15.0 Å². The summed E-state index contributed by atoms with van der Waals surface area (Å²) in [6.07, 6.45) is 3.91. The van der Waals surface area contributed by atoms with Crippen molar-refractivity contribution in [3.05, 3.63) is 66.2 Å². The largest absolute Gasteiger partial charge is 0.478 e. The zero-order chi connectivity index (χ0) is 23.2. The fourth-order valence-corrected chi connectivity index (χ4v) is 3.73. The predicted molar refractivity (Wildman–Crippen MR) is 123 cm³/mol. The van der Waals surface area contributed by atoms with E-state index in [4.69, 9.17) is 4.74 Å². The zero-order valence-electron chi connectivity index (χ0n) is 18.4. The lowest BCUT2D eigenvalue weighted by Gasteiger charge is -2.20. The first-order valence-electron chi connectivity index (χ1n) is 11.1. The number of halogens is 2. The summed E-state index contributed by atoms with van der Waals surface area (Å²) >= 11 is 0. The zero-order valence-corrected chi connectivity index (χ0v) is 18.4. The molecule has 0 bridgehead atoms. The van der Waals surface area contributed by atoms with Gasteiger partial charge in [0.1, 0.15) is 5.82 Å². The summed E-state index contributed by atoms with van der Waals surface area (Å²) in [5.74, 6) is -1.30. The van der Waals surface area contributed by atoms with Gasteiger partial charge >= 0.3 is 0 Å². The number of hydrogen-bond acceptors (Lipinski definition) is 5. The fraction of sp³-hybridized carbons (Fsp3) is 0.320. The molecule has 2 aromatic carbocycles. The number of benzene rings is 2. The summed E-state index contributed by atoms with van der Waals surface area (Å²) in [7, 11) is 0. The van der Waals surface area contributed by atoms with Crippen LogP contribution in [0.15, 0.2) is 54.6 Å². The van der Waals surface area contributed by atoms with Crippen molar-refractivity contribution in [2.75, 3.05) is 23.3 Å². The second kappa shape index (κ2) is 10.4. The molecule has 33 heavy (non-hydrogen) atoms. The van der Waals surface area contributed by atoms with Gasteiger partial charge in [0.2, 0.25) is 0 Å². The SMILES string of the molecule is CC(Oc1ccc(F)cc1F)C(=O)Nc1ccc(-c2ccc(N3CCCCCC3)nn2)cc1. The number of ether oxygens (including phenoxy) is 1. The minimum atomic E-state index is -0.970. The lowest BCUT2D eigenvalue weighted by atomic mass is 10.1. The third kappa shape index (κ3) is 5.83. The molecule has 1 N–H and O–H groups in total. The van der Waals surface area contributed by atoms with E-state index in [1.54, 1.807) is 12.1 Å². The van der Waals surface area contributed by atoms with Crippen molar-refractivity contribution in [1.82, 2.24) is 10.2 Å². The van der Waals surface area contributed by atoms with Crippen LogP contribution in [0, 0.1) is 11.6 Å². The molecule has 1 aliphatic rings. The Labute approximate surface area is 191 Å². The Kier molecular flexibility index (Phi) is 7.12. The van der Waals surface area contributed by atoms with E-state index >= 15 is 0 Å². The number of rotatable bonds is 6. The Morgan fingerprint density at radius 2 is 1.70 bits per heavy atom. The van der Waals surface area contributed by atoms with E-state index in [1.807, 2.05) is 24.3 Å². The third-order valence-electron chi connectivity index (χ3n) is 5.60. The molecular weight excluding hydrogens is 426 g/mol. The molecular formula is C25H26F2N4O2. The molecule has 1 fully saturated rings. The Balaban J connectivity index is 1.36. The number of carbonyl (C=O) groups excluding carboxylic acids is 1. The highest BCUT2D eigenvalue weighted by atomic mass is 19.1. The maximum atomic E-state index is 13.7. The summed E-state index contributed by atoms with van der Waals surface area (Å²) in [4.78, 5) is 14.7. The summed E-state index contributed by atoms with van der Waals surface area (Å²) in [6.45, 7) is 3.52. The molecule has 4 rings (SSSR count). The molecule has 172 valence electrons. The quantitative estimate of drug-likeness (QED) is 0.556. The van der Waals surface area contributed by atoms with Crippen LogP contribution in [0.1, 0.15) is 32.6 Å². The average molecular weight is 453 g/mol. The Bertz CT molecular complexity index is 1080. The summed E-state index contributed by atoms with van der Waals surface area (Å²) in [6, 6.07) is 14.1. The second-order valence-electron chi connectivity index (χ2n) is 8.08. The molecule has 2 heterocycles. The van der Waals surface area contributed by atoms with Crippen LogP contribution in [0.5, 0.6) is 5.75 Å². The normalized spacial score (nSPS) is 14.9. The van der Waals surface area contributed by atoms with Crippen LogP contribution in [0.4, 0.5) is 20.3 Å². The maximum absolute atomic E-state index is 13.7. The summed E-state index contributed by atoms with van der Waals surface area (Å²) < 4.78 is 32.1. The van der Waals surface area contributed by atoms with Crippen LogP contribution < -0.4 is 15.0 Å². The first-order valence-corrected chi connectivity index (χ1v) is 11.1. The van der Waals surface area contributed by atoms with Crippen LogP contribution in [0.25, 0.3) is 11.3 Å². The maximum Gasteiger partial charge on any atom is 0.265 e. The number of nitrogens with zero attached hydrogens (tertiary/aromatic N) is 3. The van der Waals surface area contributed by atoms with Crippen LogP contribution in [0.3, 0.4) is 0 Å². The monoisotopic (exact) mass is 452 g/mol. The molecule has 1 aliphatic heterocycles. The Hall–Kier alpha value is -3.55.